The van der Waals surface area contributed by atoms with Crippen LogP contribution in [-0.2, 0) is 6.54 Å². The number of rotatable bonds is 4. The van der Waals surface area contributed by atoms with Crippen molar-refractivity contribution in [3.05, 3.63) is 52.8 Å². The third kappa shape index (κ3) is 3.60. The molecule has 0 aliphatic carbocycles. The molecule has 2 heterocycles. The molecule has 0 fully saturated rings. The SMILES string of the molecule is FC(F)(F)CCn1ccc2c(Nc3c(Cl)cccc3Cl)nccc21. The van der Waals surface area contributed by atoms with Gasteiger partial charge in [-0.1, -0.05) is 29.3 Å². The molecular formula is C16H12Cl2F3N3. The molecule has 3 rings (SSSR count). The Bertz CT molecular complexity index is 854. The predicted octanol–water partition coefficient (Wildman–Crippen LogP) is 6.04. The number of nitrogens with one attached hydrogen (secondary N) is 1. The molecule has 0 saturated carbocycles. The number of fused-ring (bicyclic) bond motifs is 1. The lowest BCUT2D eigenvalue weighted by Crippen LogP contribution is -2.11. The van der Waals surface area contributed by atoms with Crippen molar-refractivity contribution in [3.63, 3.8) is 0 Å². The van der Waals surface area contributed by atoms with Crippen LogP contribution in [0.4, 0.5) is 24.7 Å². The maximum absolute atomic E-state index is 12.4. The van der Waals surface area contributed by atoms with E-state index < -0.39 is 12.6 Å². The summed E-state index contributed by atoms with van der Waals surface area (Å²) < 4.78 is 38.9. The summed E-state index contributed by atoms with van der Waals surface area (Å²) in [6.45, 7) is -0.150. The minimum absolute atomic E-state index is 0.150. The minimum Gasteiger partial charge on any atom is -0.347 e. The van der Waals surface area contributed by atoms with Crippen LogP contribution in [0.3, 0.4) is 0 Å². The molecule has 0 saturated heterocycles. The molecule has 3 aromatic rings. The second kappa shape index (κ2) is 6.53. The zero-order chi connectivity index (χ0) is 17.3. The molecule has 3 nitrogen and oxygen atoms in total. The van der Waals surface area contributed by atoms with Crippen molar-refractivity contribution < 1.29 is 13.2 Å². The highest BCUT2D eigenvalue weighted by atomic mass is 35.5. The van der Waals surface area contributed by atoms with Crippen LogP contribution < -0.4 is 5.32 Å². The van der Waals surface area contributed by atoms with Crippen molar-refractivity contribution in [2.24, 2.45) is 0 Å². The molecule has 2 aromatic heterocycles. The van der Waals surface area contributed by atoms with Crippen LogP contribution in [0.25, 0.3) is 10.9 Å². The van der Waals surface area contributed by atoms with Crippen LogP contribution in [0.2, 0.25) is 10.0 Å². The van der Waals surface area contributed by atoms with E-state index in [-0.39, 0.29) is 6.54 Å². The normalized spacial score (nSPS) is 11.9. The molecule has 0 amide bonds. The van der Waals surface area contributed by atoms with Gasteiger partial charge in [0.1, 0.15) is 5.82 Å². The molecule has 24 heavy (non-hydrogen) atoms. The second-order valence-corrected chi connectivity index (χ2v) is 6.00. The number of aromatic nitrogens is 2. The molecule has 0 atom stereocenters. The van der Waals surface area contributed by atoms with Crippen molar-refractivity contribution >= 4 is 45.6 Å². The van der Waals surface area contributed by atoms with Gasteiger partial charge in [0, 0.05) is 24.3 Å². The van der Waals surface area contributed by atoms with Crippen molar-refractivity contribution in [1.82, 2.24) is 9.55 Å². The van der Waals surface area contributed by atoms with Gasteiger partial charge in [-0.25, -0.2) is 4.98 Å². The van der Waals surface area contributed by atoms with Crippen LogP contribution in [0.15, 0.2) is 42.7 Å². The van der Waals surface area contributed by atoms with Gasteiger partial charge in [0.2, 0.25) is 0 Å². The Morgan fingerprint density at radius 1 is 1.08 bits per heavy atom. The minimum atomic E-state index is -4.20. The Morgan fingerprint density at radius 3 is 2.46 bits per heavy atom. The van der Waals surface area contributed by atoms with Crippen LogP contribution >= 0.6 is 23.2 Å². The van der Waals surface area contributed by atoms with E-state index >= 15 is 0 Å². The first-order valence-corrected chi connectivity index (χ1v) is 7.82. The Balaban J connectivity index is 1.94. The topological polar surface area (TPSA) is 29.9 Å². The van der Waals surface area contributed by atoms with Crippen molar-refractivity contribution in [1.29, 1.82) is 0 Å². The number of aryl methyl sites for hydroxylation is 1. The number of benzene rings is 1. The molecule has 1 aromatic carbocycles. The number of alkyl halides is 3. The van der Waals surface area contributed by atoms with Gasteiger partial charge in [-0.3, -0.25) is 0 Å². The fraction of sp³-hybridized carbons (Fsp3) is 0.188. The summed E-state index contributed by atoms with van der Waals surface area (Å²) in [5.41, 5.74) is 1.16. The number of pyridine rings is 1. The summed E-state index contributed by atoms with van der Waals surface area (Å²) in [4.78, 5) is 4.24. The summed E-state index contributed by atoms with van der Waals surface area (Å²) in [6.07, 6.45) is -1.95. The average Bonchev–Trinajstić information content (AvgIpc) is 2.92. The lowest BCUT2D eigenvalue weighted by molar-refractivity contribution is -0.136. The Morgan fingerprint density at radius 2 is 1.79 bits per heavy atom. The predicted molar refractivity (Wildman–Crippen MR) is 90.1 cm³/mol. The molecule has 0 spiro atoms. The van der Waals surface area contributed by atoms with E-state index in [0.717, 1.165) is 0 Å². The summed E-state index contributed by atoms with van der Waals surface area (Å²) in [6, 6.07) is 8.48. The van der Waals surface area contributed by atoms with Gasteiger partial charge < -0.3 is 9.88 Å². The fourth-order valence-corrected chi connectivity index (χ4v) is 2.89. The maximum Gasteiger partial charge on any atom is 0.390 e. The van der Waals surface area contributed by atoms with Gasteiger partial charge in [-0.2, -0.15) is 13.2 Å². The molecule has 0 aliphatic rings. The highest BCUT2D eigenvalue weighted by Crippen LogP contribution is 2.34. The lowest BCUT2D eigenvalue weighted by Gasteiger charge is -2.11. The number of halogens is 5. The Kier molecular flexibility index (Phi) is 4.60. The summed E-state index contributed by atoms with van der Waals surface area (Å²) in [5, 5.41) is 4.61. The molecule has 1 N–H and O–H groups in total. The molecule has 8 heteroatoms. The van der Waals surface area contributed by atoms with Crippen LogP contribution in [0, 0.1) is 0 Å². The highest BCUT2D eigenvalue weighted by molar-refractivity contribution is 6.39. The molecule has 0 radical (unpaired) electrons. The smallest absolute Gasteiger partial charge is 0.347 e. The molecule has 0 unspecified atom stereocenters. The highest BCUT2D eigenvalue weighted by Gasteiger charge is 2.26. The van der Waals surface area contributed by atoms with E-state index in [1.54, 1.807) is 41.1 Å². The number of anilines is 2. The number of hydrogen-bond donors (Lipinski definition) is 1. The molecular weight excluding hydrogens is 362 g/mol. The van der Waals surface area contributed by atoms with E-state index in [9.17, 15) is 13.2 Å². The van der Waals surface area contributed by atoms with Gasteiger partial charge in [0.15, 0.2) is 0 Å². The average molecular weight is 374 g/mol. The summed E-state index contributed by atoms with van der Waals surface area (Å²) in [7, 11) is 0. The van der Waals surface area contributed by atoms with E-state index in [1.165, 1.54) is 6.20 Å². The van der Waals surface area contributed by atoms with Crippen LogP contribution in [-0.4, -0.2) is 15.7 Å². The number of nitrogens with zero attached hydrogens (tertiary/aromatic N) is 2. The van der Waals surface area contributed by atoms with E-state index in [2.05, 4.69) is 10.3 Å². The molecule has 0 bridgehead atoms. The first-order chi connectivity index (χ1) is 11.3. The first kappa shape index (κ1) is 16.9. The third-order valence-corrected chi connectivity index (χ3v) is 4.17. The Labute approximate surface area is 146 Å². The largest absolute Gasteiger partial charge is 0.390 e. The zero-order valence-electron chi connectivity index (χ0n) is 12.2. The van der Waals surface area contributed by atoms with Gasteiger partial charge in [0.05, 0.1) is 27.7 Å². The van der Waals surface area contributed by atoms with Crippen molar-refractivity contribution in [3.8, 4) is 0 Å². The number of para-hydroxylation sites is 1. The lowest BCUT2D eigenvalue weighted by atomic mass is 10.2. The quantitative estimate of drug-likeness (QED) is 0.604. The van der Waals surface area contributed by atoms with Crippen molar-refractivity contribution in [2.75, 3.05) is 5.32 Å². The monoisotopic (exact) mass is 373 g/mol. The first-order valence-electron chi connectivity index (χ1n) is 7.07. The summed E-state index contributed by atoms with van der Waals surface area (Å²) >= 11 is 12.3. The fourth-order valence-electron chi connectivity index (χ4n) is 2.40. The number of hydrogen-bond acceptors (Lipinski definition) is 2. The van der Waals surface area contributed by atoms with Crippen LogP contribution in [0.1, 0.15) is 6.42 Å². The van der Waals surface area contributed by atoms with E-state index in [4.69, 9.17) is 23.2 Å². The standard InChI is InChI=1S/C16H12Cl2F3N3/c17-11-2-1-3-12(18)14(11)23-15-10-5-8-24(9-6-16(19,20)21)13(10)4-7-22-15/h1-5,7-8H,6,9H2,(H,22,23). The molecule has 126 valence electrons. The van der Waals surface area contributed by atoms with Gasteiger partial charge >= 0.3 is 6.18 Å². The summed E-state index contributed by atoms with van der Waals surface area (Å²) in [5.74, 6) is 0.480. The van der Waals surface area contributed by atoms with Crippen LogP contribution in [0.5, 0.6) is 0 Å². The maximum atomic E-state index is 12.4. The zero-order valence-corrected chi connectivity index (χ0v) is 13.8. The van der Waals surface area contributed by atoms with Gasteiger partial charge in [-0.15, -0.1) is 0 Å². The van der Waals surface area contributed by atoms with Gasteiger partial charge in [0.25, 0.3) is 0 Å². The van der Waals surface area contributed by atoms with Crippen molar-refractivity contribution in [2.45, 2.75) is 19.1 Å². The van der Waals surface area contributed by atoms with E-state index in [0.29, 0.717) is 32.5 Å². The molecule has 0 aliphatic heterocycles. The van der Waals surface area contributed by atoms with Gasteiger partial charge in [-0.05, 0) is 24.3 Å². The van der Waals surface area contributed by atoms with E-state index in [1.807, 2.05) is 0 Å². The second-order valence-electron chi connectivity index (χ2n) is 5.19. The third-order valence-electron chi connectivity index (χ3n) is 3.54. The Hall–Kier alpha value is -1.92.